The van der Waals surface area contributed by atoms with Gasteiger partial charge in [-0.2, -0.15) is 0 Å². The fourth-order valence-electron chi connectivity index (χ4n) is 2.92. The van der Waals surface area contributed by atoms with Crippen LogP contribution in [0.2, 0.25) is 0 Å². The van der Waals surface area contributed by atoms with E-state index in [4.69, 9.17) is 4.74 Å². The van der Waals surface area contributed by atoms with Crippen molar-refractivity contribution in [3.05, 3.63) is 59.7 Å². The number of carbonyl (C=O) groups is 1. The summed E-state index contributed by atoms with van der Waals surface area (Å²) in [5.41, 5.74) is 2.91. The molecule has 1 aliphatic heterocycles. The maximum Gasteiger partial charge on any atom is 0.258 e. The van der Waals surface area contributed by atoms with Gasteiger partial charge in [0.05, 0.1) is 7.11 Å². The number of hydrogen-bond acceptors (Lipinski definition) is 2. The Bertz CT molecular complexity index is 674. The van der Waals surface area contributed by atoms with Crippen LogP contribution in [0.5, 0.6) is 5.75 Å². The fourth-order valence-corrected chi connectivity index (χ4v) is 2.92. The highest BCUT2D eigenvalue weighted by Crippen LogP contribution is 2.40. The fraction of sp³-hybridized carbons (Fsp3) is 0.278. The number of benzene rings is 2. The van der Waals surface area contributed by atoms with Crippen molar-refractivity contribution in [1.29, 1.82) is 0 Å². The highest BCUT2D eigenvalue weighted by atomic mass is 16.5. The van der Waals surface area contributed by atoms with Crippen LogP contribution in [0.25, 0.3) is 0 Å². The Kier molecular flexibility index (Phi) is 3.20. The zero-order valence-electron chi connectivity index (χ0n) is 12.6. The predicted molar refractivity (Wildman–Crippen MR) is 84.1 cm³/mol. The van der Waals surface area contributed by atoms with Crippen LogP contribution in [0.3, 0.4) is 0 Å². The lowest BCUT2D eigenvalue weighted by atomic mass is 9.87. The van der Waals surface area contributed by atoms with Gasteiger partial charge in [-0.1, -0.05) is 32.0 Å². The first-order valence-electron chi connectivity index (χ1n) is 7.08. The van der Waals surface area contributed by atoms with E-state index in [9.17, 15) is 4.79 Å². The molecule has 0 fully saturated rings. The number of methoxy groups -OCH3 is 1. The summed E-state index contributed by atoms with van der Waals surface area (Å²) in [6.07, 6.45) is 0. The van der Waals surface area contributed by atoms with Gasteiger partial charge in [-0.25, -0.2) is 0 Å². The van der Waals surface area contributed by atoms with E-state index in [0.717, 1.165) is 11.4 Å². The van der Waals surface area contributed by atoms with E-state index >= 15 is 0 Å². The van der Waals surface area contributed by atoms with E-state index < -0.39 is 0 Å². The van der Waals surface area contributed by atoms with Crippen molar-refractivity contribution < 1.29 is 9.53 Å². The molecule has 0 aliphatic carbocycles. The molecule has 1 aliphatic rings. The van der Waals surface area contributed by atoms with Gasteiger partial charge in [0.2, 0.25) is 0 Å². The van der Waals surface area contributed by atoms with E-state index in [0.29, 0.717) is 12.1 Å². The summed E-state index contributed by atoms with van der Waals surface area (Å²) in [5, 5.41) is 0. The predicted octanol–water partition coefficient (Wildman–Crippen LogP) is 3.63. The van der Waals surface area contributed by atoms with Gasteiger partial charge in [0, 0.05) is 23.2 Å². The Balaban J connectivity index is 1.96. The van der Waals surface area contributed by atoms with Gasteiger partial charge in [-0.3, -0.25) is 4.79 Å². The molecule has 2 aromatic rings. The number of hydrogen-bond donors (Lipinski definition) is 0. The lowest BCUT2D eigenvalue weighted by Gasteiger charge is -2.21. The van der Waals surface area contributed by atoms with Gasteiger partial charge in [0.25, 0.3) is 5.91 Å². The standard InChI is InChI=1S/C18H19NO2/c1-18(2)12-19(16-7-5-4-6-15(16)18)17(20)13-8-10-14(21-3)11-9-13/h4-11H,12H2,1-3H3. The van der Waals surface area contributed by atoms with E-state index in [2.05, 4.69) is 19.9 Å². The van der Waals surface area contributed by atoms with Gasteiger partial charge in [0.15, 0.2) is 0 Å². The van der Waals surface area contributed by atoms with Crippen molar-refractivity contribution in [3.63, 3.8) is 0 Å². The third kappa shape index (κ3) is 2.29. The summed E-state index contributed by atoms with van der Waals surface area (Å²) in [5.74, 6) is 0.796. The molecule has 2 aromatic carbocycles. The molecular formula is C18H19NO2. The number of amides is 1. The van der Waals surface area contributed by atoms with Crippen LogP contribution in [0.4, 0.5) is 5.69 Å². The molecule has 1 amide bonds. The Morgan fingerprint density at radius 2 is 1.76 bits per heavy atom. The molecule has 0 aromatic heterocycles. The molecule has 0 atom stereocenters. The van der Waals surface area contributed by atoms with E-state index in [1.165, 1.54) is 5.56 Å². The molecule has 3 heteroatoms. The monoisotopic (exact) mass is 281 g/mol. The summed E-state index contributed by atoms with van der Waals surface area (Å²) in [6, 6.07) is 15.4. The number of rotatable bonds is 2. The van der Waals surface area contributed by atoms with Crippen molar-refractivity contribution in [1.82, 2.24) is 0 Å². The van der Waals surface area contributed by atoms with Crippen molar-refractivity contribution in [2.75, 3.05) is 18.6 Å². The maximum absolute atomic E-state index is 12.8. The summed E-state index contributed by atoms with van der Waals surface area (Å²) in [7, 11) is 1.62. The maximum atomic E-state index is 12.8. The first-order chi connectivity index (χ1) is 10.0. The molecule has 0 bridgehead atoms. The van der Waals surface area contributed by atoms with Crippen LogP contribution in [0, 0.1) is 0 Å². The first kappa shape index (κ1) is 13.7. The second kappa shape index (κ2) is 4.92. The number of anilines is 1. The molecule has 3 nitrogen and oxygen atoms in total. The molecule has 0 N–H and O–H groups in total. The lowest BCUT2D eigenvalue weighted by Crippen LogP contribution is -2.33. The van der Waals surface area contributed by atoms with Crippen LogP contribution < -0.4 is 9.64 Å². The first-order valence-corrected chi connectivity index (χ1v) is 7.08. The summed E-state index contributed by atoms with van der Waals surface area (Å²) >= 11 is 0. The van der Waals surface area contributed by atoms with Gasteiger partial charge in [-0.05, 0) is 35.9 Å². The van der Waals surface area contributed by atoms with Crippen LogP contribution in [0.15, 0.2) is 48.5 Å². The van der Waals surface area contributed by atoms with Crippen molar-refractivity contribution >= 4 is 11.6 Å². The normalized spacial score (nSPS) is 15.7. The van der Waals surface area contributed by atoms with E-state index in [1.54, 1.807) is 7.11 Å². The minimum absolute atomic E-state index is 0.0152. The molecule has 0 radical (unpaired) electrons. The summed E-state index contributed by atoms with van der Waals surface area (Å²) < 4.78 is 5.14. The van der Waals surface area contributed by atoms with Crippen molar-refractivity contribution in [2.24, 2.45) is 0 Å². The Hall–Kier alpha value is -2.29. The minimum Gasteiger partial charge on any atom is -0.497 e. The SMILES string of the molecule is COc1ccc(C(=O)N2CC(C)(C)c3ccccc32)cc1. The number of carbonyl (C=O) groups excluding carboxylic acids is 1. The van der Waals surface area contributed by atoms with Gasteiger partial charge in [0.1, 0.15) is 5.75 Å². The molecule has 3 rings (SSSR count). The molecule has 0 spiro atoms. The number of nitrogens with zero attached hydrogens (tertiary/aromatic N) is 1. The van der Waals surface area contributed by atoms with Crippen molar-refractivity contribution in [2.45, 2.75) is 19.3 Å². The smallest absolute Gasteiger partial charge is 0.258 e. The van der Waals surface area contributed by atoms with Crippen LogP contribution in [-0.2, 0) is 5.41 Å². The second-order valence-corrected chi connectivity index (χ2v) is 6.02. The van der Waals surface area contributed by atoms with Crippen molar-refractivity contribution in [3.8, 4) is 5.75 Å². The van der Waals surface area contributed by atoms with Gasteiger partial charge in [-0.15, -0.1) is 0 Å². The molecule has 108 valence electrons. The Labute approximate surface area is 125 Å². The largest absolute Gasteiger partial charge is 0.497 e. The zero-order valence-corrected chi connectivity index (χ0v) is 12.6. The zero-order chi connectivity index (χ0) is 15.0. The number of para-hydroxylation sites is 1. The molecule has 1 heterocycles. The molecule has 21 heavy (non-hydrogen) atoms. The van der Waals surface area contributed by atoms with Gasteiger partial charge < -0.3 is 9.64 Å². The third-order valence-electron chi connectivity index (χ3n) is 4.06. The topological polar surface area (TPSA) is 29.5 Å². The van der Waals surface area contributed by atoms with Crippen LogP contribution in [-0.4, -0.2) is 19.6 Å². The average molecular weight is 281 g/mol. The summed E-state index contributed by atoms with van der Waals surface area (Å²) in [6.45, 7) is 5.05. The molecule has 0 saturated carbocycles. The number of ether oxygens (including phenoxy) is 1. The lowest BCUT2D eigenvalue weighted by molar-refractivity contribution is 0.0986. The molecular weight excluding hydrogens is 262 g/mol. The Morgan fingerprint density at radius 3 is 2.43 bits per heavy atom. The highest BCUT2D eigenvalue weighted by molar-refractivity contribution is 6.07. The van der Waals surface area contributed by atoms with E-state index in [1.807, 2.05) is 47.4 Å². The third-order valence-corrected chi connectivity index (χ3v) is 4.06. The second-order valence-electron chi connectivity index (χ2n) is 6.02. The highest BCUT2D eigenvalue weighted by Gasteiger charge is 2.37. The summed E-state index contributed by atoms with van der Waals surface area (Å²) in [4.78, 5) is 14.7. The molecule has 0 saturated heterocycles. The Morgan fingerprint density at radius 1 is 1.10 bits per heavy atom. The van der Waals surface area contributed by atoms with Crippen LogP contribution in [0.1, 0.15) is 29.8 Å². The average Bonchev–Trinajstić information content (AvgIpc) is 2.79. The van der Waals surface area contributed by atoms with E-state index in [-0.39, 0.29) is 11.3 Å². The molecule has 0 unspecified atom stereocenters. The quantitative estimate of drug-likeness (QED) is 0.841. The number of fused-ring (bicyclic) bond motifs is 1. The van der Waals surface area contributed by atoms with Crippen LogP contribution >= 0.6 is 0 Å². The minimum atomic E-state index is -0.0152. The van der Waals surface area contributed by atoms with Gasteiger partial charge >= 0.3 is 0 Å².